The monoisotopic (exact) mass is 367 g/mol. The number of benzene rings is 1. The molecular weight excluding hydrogens is 342 g/mol. The zero-order valence-corrected chi connectivity index (χ0v) is 15.8. The van der Waals surface area contributed by atoms with Crippen LogP contribution in [0.2, 0.25) is 0 Å². The van der Waals surface area contributed by atoms with Crippen molar-refractivity contribution in [3.63, 3.8) is 0 Å². The van der Waals surface area contributed by atoms with Gasteiger partial charge in [-0.15, -0.1) is 0 Å². The summed E-state index contributed by atoms with van der Waals surface area (Å²) in [5.41, 5.74) is 2.09. The molecule has 0 aliphatic heterocycles. The van der Waals surface area contributed by atoms with Crippen LogP contribution in [-0.2, 0) is 9.53 Å². The molecule has 27 heavy (non-hydrogen) atoms. The van der Waals surface area contributed by atoms with Crippen molar-refractivity contribution in [3.05, 3.63) is 53.9 Å². The van der Waals surface area contributed by atoms with Crippen molar-refractivity contribution in [2.75, 3.05) is 13.7 Å². The van der Waals surface area contributed by atoms with Gasteiger partial charge < -0.3 is 14.2 Å². The Morgan fingerprint density at radius 3 is 2.56 bits per heavy atom. The van der Waals surface area contributed by atoms with E-state index in [0.29, 0.717) is 23.7 Å². The molecule has 1 aliphatic carbocycles. The van der Waals surface area contributed by atoms with E-state index in [0.717, 1.165) is 24.0 Å². The van der Waals surface area contributed by atoms with Crippen LogP contribution >= 0.6 is 0 Å². The highest BCUT2D eigenvalue weighted by molar-refractivity contribution is 6.21. The standard InChI is InChI=1S/C22H25NO4/c1-3-26-22(24)19(17-10-12-23-13-11-17)14-16-8-9-20(25-2)21(15-16)27-18-6-4-5-7-18/h8-15,18H,3-7H2,1-2H3/b19-14+. The van der Waals surface area contributed by atoms with Gasteiger partial charge in [-0.3, -0.25) is 4.98 Å². The Morgan fingerprint density at radius 2 is 1.89 bits per heavy atom. The van der Waals surface area contributed by atoms with Gasteiger partial charge in [-0.25, -0.2) is 4.79 Å². The third-order valence-electron chi connectivity index (χ3n) is 4.58. The number of esters is 1. The van der Waals surface area contributed by atoms with E-state index in [1.165, 1.54) is 12.8 Å². The number of carbonyl (C=O) groups excluding carboxylic acids is 1. The van der Waals surface area contributed by atoms with Gasteiger partial charge in [0.15, 0.2) is 11.5 Å². The molecule has 0 amide bonds. The van der Waals surface area contributed by atoms with E-state index >= 15 is 0 Å². The van der Waals surface area contributed by atoms with Crippen LogP contribution in [0.15, 0.2) is 42.7 Å². The van der Waals surface area contributed by atoms with Crippen molar-refractivity contribution < 1.29 is 19.0 Å². The first-order chi connectivity index (χ1) is 13.2. The summed E-state index contributed by atoms with van der Waals surface area (Å²) in [7, 11) is 1.63. The predicted molar refractivity (Wildman–Crippen MR) is 105 cm³/mol. The quantitative estimate of drug-likeness (QED) is 0.532. The lowest BCUT2D eigenvalue weighted by Crippen LogP contribution is -2.11. The molecule has 1 aromatic heterocycles. The number of carbonyl (C=O) groups is 1. The number of pyridine rings is 1. The van der Waals surface area contributed by atoms with E-state index in [1.54, 1.807) is 38.6 Å². The fourth-order valence-electron chi connectivity index (χ4n) is 3.23. The van der Waals surface area contributed by atoms with E-state index in [4.69, 9.17) is 14.2 Å². The minimum absolute atomic E-state index is 0.225. The first kappa shape index (κ1) is 19.0. The minimum atomic E-state index is -0.363. The lowest BCUT2D eigenvalue weighted by molar-refractivity contribution is -0.136. The van der Waals surface area contributed by atoms with Crippen LogP contribution in [0.1, 0.15) is 43.7 Å². The molecule has 0 radical (unpaired) electrons. The Morgan fingerprint density at radius 1 is 1.15 bits per heavy atom. The third kappa shape index (κ3) is 4.88. The van der Waals surface area contributed by atoms with E-state index in [1.807, 2.05) is 24.3 Å². The topological polar surface area (TPSA) is 57.7 Å². The molecule has 5 heteroatoms. The van der Waals surface area contributed by atoms with Crippen molar-refractivity contribution in [2.24, 2.45) is 0 Å². The Bertz CT molecular complexity index is 795. The highest BCUT2D eigenvalue weighted by Crippen LogP contribution is 2.33. The summed E-state index contributed by atoms with van der Waals surface area (Å²) in [4.78, 5) is 16.5. The molecule has 0 atom stereocenters. The molecule has 0 N–H and O–H groups in total. The van der Waals surface area contributed by atoms with Gasteiger partial charge in [-0.2, -0.15) is 0 Å². The van der Waals surface area contributed by atoms with Gasteiger partial charge in [0.05, 0.1) is 25.4 Å². The van der Waals surface area contributed by atoms with E-state index < -0.39 is 0 Å². The van der Waals surface area contributed by atoms with E-state index in [-0.39, 0.29) is 12.1 Å². The summed E-state index contributed by atoms with van der Waals surface area (Å²) in [6.45, 7) is 2.11. The van der Waals surface area contributed by atoms with Gasteiger partial charge in [-0.1, -0.05) is 6.07 Å². The van der Waals surface area contributed by atoms with Crippen LogP contribution in [0, 0.1) is 0 Å². The summed E-state index contributed by atoms with van der Waals surface area (Å²) in [5.74, 6) is 1.04. The fraction of sp³-hybridized carbons (Fsp3) is 0.364. The second-order valence-electron chi connectivity index (χ2n) is 6.45. The zero-order valence-electron chi connectivity index (χ0n) is 15.8. The molecule has 142 valence electrons. The van der Waals surface area contributed by atoms with Crippen LogP contribution in [0.3, 0.4) is 0 Å². The Hall–Kier alpha value is -2.82. The lowest BCUT2D eigenvalue weighted by Gasteiger charge is -2.16. The number of rotatable bonds is 7. The molecule has 0 spiro atoms. The normalized spacial score (nSPS) is 14.8. The first-order valence-electron chi connectivity index (χ1n) is 9.35. The third-order valence-corrected chi connectivity index (χ3v) is 4.58. The molecule has 1 heterocycles. The summed E-state index contributed by atoms with van der Waals surface area (Å²) in [5, 5.41) is 0. The Labute approximate surface area is 160 Å². The SMILES string of the molecule is CCOC(=O)/C(=C/c1ccc(OC)c(OC2CCCC2)c1)c1ccncc1. The van der Waals surface area contributed by atoms with Gasteiger partial charge in [-0.05, 0) is 74.1 Å². The molecule has 0 bridgehead atoms. The van der Waals surface area contributed by atoms with Crippen molar-refractivity contribution in [1.82, 2.24) is 4.98 Å². The van der Waals surface area contributed by atoms with Crippen LogP contribution < -0.4 is 9.47 Å². The molecule has 0 unspecified atom stereocenters. The van der Waals surface area contributed by atoms with Gasteiger partial charge in [0.2, 0.25) is 0 Å². The van der Waals surface area contributed by atoms with Crippen molar-refractivity contribution in [3.8, 4) is 11.5 Å². The molecular formula is C22H25NO4. The van der Waals surface area contributed by atoms with Gasteiger partial charge in [0.1, 0.15) is 0 Å². The fourth-order valence-corrected chi connectivity index (χ4v) is 3.23. The van der Waals surface area contributed by atoms with Gasteiger partial charge in [0, 0.05) is 12.4 Å². The van der Waals surface area contributed by atoms with Crippen molar-refractivity contribution >= 4 is 17.6 Å². The maximum absolute atomic E-state index is 12.5. The Kier molecular flexibility index (Phi) is 6.47. The summed E-state index contributed by atoms with van der Waals surface area (Å²) >= 11 is 0. The number of hydrogen-bond acceptors (Lipinski definition) is 5. The largest absolute Gasteiger partial charge is 0.493 e. The predicted octanol–water partition coefficient (Wildman–Crippen LogP) is 4.52. The van der Waals surface area contributed by atoms with E-state index in [2.05, 4.69) is 4.98 Å². The average Bonchev–Trinajstić information content (AvgIpc) is 3.20. The summed E-state index contributed by atoms with van der Waals surface area (Å²) in [6.07, 6.45) is 9.87. The molecule has 1 saturated carbocycles. The Balaban J connectivity index is 1.95. The summed E-state index contributed by atoms with van der Waals surface area (Å²) in [6, 6.07) is 9.27. The molecule has 3 rings (SSSR count). The summed E-state index contributed by atoms with van der Waals surface area (Å²) < 4.78 is 16.8. The number of nitrogens with zero attached hydrogens (tertiary/aromatic N) is 1. The molecule has 1 fully saturated rings. The second-order valence-corrected chi connectivity index (χ2v) is 6.45. The minimum Gasteiger partial charge on any atom is -0.493 e. The first-order valence-corrected chi connectivity index (χ1v) is 9.35. The zero-order chi connectivity index (χ0) is 19.1. The average molecular weight is 367 g/mol. The highest BCUT2D eigenvalue weighted by Gasteiger charge is 2.19. The molecule has 0 saturated heterocycles. The molecule has 2 aromatic rings. The van der Waals surface area contributed by atoms with Gasteiger partial charge >= 0.3 is 5.97 Å². The van der Waals surface area contributed by atoms with Crippen LogP contribution in [0.25, 0.3) is 11.6 Å². The lowest BCUT2D eigenvalue weighted by atomic mass is 10.0. The number of ether oxygens (including phenoxy) is 3. The number of aromatic nitrogens is 1. The van der Waals surface area contributed by atoms with Crippen LogP contribution in [0.4, 0.5) is 0 Å². The maximum atomic E-state index is 12.5. The smallest absolute Gasteiger partial charge is 0.338 e. The van der Waals surface area contributed by atoms with Gasteiger partial charge in [0.25, 0.3) is 0 Å². The maximum Gasteiger partial charge on any atom is 0.338 e. The van der Waals surface area contributed by atoms with Crippen LogP contribution in [0.5, 0.6) is 11.5 Å². The van der Waals surface area contributed by atoms with Crippen molar-refractivity contribution in [2.45, 2.75) is 38.7 Å². The highest BCUT2D eigenvalue weighted by atomic mass is 16.5. The molecule has 1 aromatic carbocycles. The molecule has 5 nitrogen and oxygen atoms in total. The number of hydrogen-bond donors (Lipinski definition) is 0. The van der Waals surface area contributed by atoms with E-state index in [9.17, 15) is 4.79 Å². The number of methoxy groups -OCH3 is 1. The molecule has 1 aliphatic rings. The van der Waals surface area contributed by atoms with Crippen molar-refractivity contribution in [1.29, 1.82) is 0 Å². The van der Waals surface area contributed by atoms with Crippen LogP contribution in [-0.4, -0.2) is 30.8 Å². The second kappa shape index (κ2) is 9.21.